The molecule has 0 unspecified atom stereocenters. The predicted molar refractivity (Wildman–Crippen MR) is 75.7 cm³/mol. The van der Waals surface area contributed by atoms with Crippen molar-refractivity contribution in [2.24, 2.45) is 0 Å². The Morgan fingerprint density at radius 3 is 2.67 bits per heavy atom. The monoisotopic (exact) mass is 310 g/mol. The third-order valence-corrected chi connectivity index (χ3v) is 3.02. The number of carboxylic acid groups (broad SMARTS) is 1. The van der Waals surface area contributed by atoms with Crippen molar-refractivity contribution in [2.75, 3.05) is 7.11 Å². The second kappa shape index (κ2) is 6.45. The lowest BCUT2D eigenvalue weighted by Gasteiger charge is -2.14. The number of methoxy groups -OCH3 is 1. The molecule has 0 saturated heterocycles. The topological polar surface area (TPSA) is 55.8 Å². The van der Waals surface area contributed by atoms with Gasteiger partial charge in [-0.25, -0.2) is 9.18 Å². The molecule has 6 heteroatoms. The van der Waals surface area contributed by atoms with Gasteiger partial charge in [0.25, 0.3) is 0 Å². The molecule has 0 bridgehead atoms. The van der Waals surface area contributed by atoms with E-state index in [-0.39, 0.29) is 28.7 Å². The van der Waals surface area contributed by atoms with Crippen molar-refractivity contribution in [3.8, 4) is 11.5 Å². The van der Waals surface area contributed by atoms with Crippen LogP contribution in [0.15, 0.2) is 36.4 Å². The third kappa shape index (κ3) is 3.44. The van der Waals surface area contributed by atoms with Gasteiger partial charge in [-0.3, -0.25) is 0 Å². The quantitative estimate of drug-likeness (QED) is 0.913. The summed E-state index contributed by atoms with van der Waals surface area (Å²) in [4.78, 5) is 11.3. The summed E-state index contributed by atoms with van der Waals surface area (Å²) < 4.78 is 24.1. The van der Waals surface area contributed by atoms with Crippen LogP contribution < -0.4 is 9.47 Å². The van der Waals surface area contributed by atoms with Crippen LogP contribution in [0.1, 0.15) is 15.9 Å². The van der Waals surface area contributed by atoms with E-state index in [0.29, 0.717) is 5.56 Å². The van der Waals surface area contributed by atoms with Gasteiger partial charge in [0.15, 0.2) is 11.5 Å². The highest BCUT2D eigenvalue weighted by Gasteiger charge is 2.18. The summed E-state index contributed by atoms with van der Waals surface area (Å²) in [5, 5.41) is 9.40. The Kier molecular flexibility index (Phi) is 4.65. The summed E-state index contributed by atoms with van der Waals surface area (Å²) in [7, 11) is 1.37. The molecule has 0 spiro atoms. The molecule has 0 aliphatic heterocycles. The molecule has 0 aliphatic rings. The van der Waals surface area contributed by atoms with E-state index in [4.69, 9.17) is 21.1 Å². The zero-order chi connectivity index (χ0) is 15.4. The molecule has 0 saturated carbocycles. The van der Waals surface area contributed by atoms with E-state index in [1.807, 2.05) is 0 Å². The summed E-state index contributed by atoms with van der Waals surface area (Å²) in [5.74, 6) is -1.45. The number of aromatic carboxylic acids is 1. The number of carboxylic acids is 1. The maximum atomic E-state index is 13.5. The summed E-state index contributed by atoms with van der Waals surface area (Å²) in [6.07, 6.45) is 0. The van der Waals surface area contributed by atoms with E-state index >= 15 is 0 Å². The number of hydrogen-bond acceptors (Lipinski definition) is 3. The number of rotatable bonds is 5. The number of carbonyl (C=O) groups is 1. The van der Waals surface area contributed by atoms with Gasteiger partial charge in [0.2, 0.25) is 0 Å². The molecule has 0 heterocycles. The smallest absolute Gasteiger partial charge is 0.339 e. The standard InChI is InChI=1S/C15H12ClFO4/c1-20-13-7-10(16)6-11(15(18)19)14(13)21-8-9-4-2-3-5-12(9)17/h2-7H,8H2,1H3,(H,18,19). The molecule has 0 fully saturated rings. The van der Waals surface area contributed by atoms with Gasteiger partial charge in [-0.05, 0) is 12.1 Å². The summed E-state index contributed by atoms with van der Waals surface area (Å²) in [6.45, 7) is -0.120. The van der Waals surface area contributed by atoms with Crippen LogP contribution in [-0.4, -0.2) is 18.2 Å². The Hall–Kier alpha value is -2.27. The average molecular weight is 311 g/mol. The Morgan fingerprint density at radius 2 is 2.05 bits per heavy atom. The van der Waals surface area contributed by atoms with Crippen molar-refractivity contribution in [2.45, 2.75) is 6.61 Å². The average Bonchev–Trinajstić information content (AvgIpc) is 2.46. The van der Waals surface area contributed by atoms with E-state index in [0.717, 1.165) is 0 Å². The molecular formula is C15H12ClFO4. The maximum absolute atomic E-state index is 13.5. The molecule has 2 aromatic rings. The number of benzene rings is 2. The fraction of sp³-hybridized carbons (Fsp3) is 0.133. The van der Waals surface area contributed by atoms with E-state index < -0.39 is 11.8 Å². The highest BCUT2D eigenvalue weighted by molar-refractivity contribution is 6.31. The SMILES string of the molecule is COc1cc(Cl)cc(C(=O)O)c1OCc1ccccc1F. The van der Waals surface area contributed by atoms with Gasteiger partial charge in [0, 0.05) is 16.7 Å². The van der Waals surface area contributed by atoms with E-state index in [2.05, 4.69) is 0 Å². The first kappa shape index (κ1) is 15.1. The Bertz CT molecular complexity index is 673. The molecule has 2 rings (SSSR count). The normalized spacial score (nSPS) is 10.2. The molecule has 0 aromatic heterocycles. The highest BCUT2D eigenvalue weighted by Crippen LogP contribution is 2.35. The molecule has 0 radical (unpaired) electrons. The predicted octanol–water partition coefficient (Wildman–Crippen LogP) is 3.76. The van der Waals surface area contributed by atoms with Crippen LogP contribution in [0.5, 0.6) is 11.5 Å². The Morgan fingerprint density at radius 1 is 1.33 bits per heavy atom. The molecular weight excluding hydrogens is 299 g/mol. The second-order valence-electron chi connectivity index (χ2n) is 4.17. The lowest BCUT2D eigenvalue weighted by molar-refractivity contribution is 0.0691. The van der Waals surface area contributed by atoms with Crippen molar-refractivity contribution < 1.29 is 23.8 Å². The molecule has 0 aliphatic carbocycles. The molecule has 21 heavy (non-hydrogen) atoms. The molecule has 1 N–H and O–H groups in total. The molecule has 2 aromatic carbocycles. The first-order valence-electron chi connectivity index (χ1n) is 6.00. The number of hydrogen-bond donors (Lipinski definition) is 1. The summed E-state index contributed by atoms with van der Waals surface area (Å²) in [5.41, 5.74) is 0.168. The first-order chi connectivity index (χ1) is 10.0. The van der Waals surface area contributed by atoms with Gasteiger partial charge in [-0.2, -0.15) is 0 Å². The first-order valence-corrected chi connectivity index (χ1v) is 6.37. The molecule has 0 amide bonds. The minimum atomic E-state index is -1.21. The van der Waals surface area contributed by atoms with Crippen LogP contribution in [0, 0.1) is 5.82 Å². The van der Waals surface area contributed by atoms with Crippen molar-refractivity contribution in [3.05, 3.63) is 58.4 Å². The number of ether oxygens (including phenoxy) is 2. The van der Waals surface area contributed by atoms with Crippen molar-refractivity contribution >= 4 is 17.6 Å². The lowest BCUT2D eigenvalue weighted by Crippen LogP contribution is -2.06. The molecule has 110 valence electrons. The fourth-order valence-electron chi connectivity index (χ4n) is 1.79. The van der Waals surface area contributed by atoms with Gasteiger partial charge in [-0.1, -0.05) is 29.8 Å². The van der Waals surface area contributed by atoms with Gasteiger partial charge in [0.1, 0.15) is 18.0 Å². The lowest BCUT2D eigenvalue weighted by atomic mass is 10.1. The van der Waals surface area contributed by atoms with Crippen molar-refractivity contribution in [1.82, 2.24) is 0 Å². The molecule has 0 atom stereocenters. The fourth-order valence-corrected chi connectivity index (χ4v) is 2.00. The minimum absolute atomic E-state index is 0.0117. The summed E-state index contributed by atoms with van der Waals surface area (Å²) in [6, 6.07) is 8.77. The van der Waals surface area contributed by atoms with E-state index in [1.165, 1.54) is 25.3 Å². The zero-order valence-electron chi connectivity index (χ0n) is 11.1. The Labute approximate surface area is 125 Å². The molecule has 4 nitrogen and oxygen atoms in total. The van der Waals surface area contributed by atoms with Gasteiger partial charge >= 0.3 is 5.97 Å². The highest BCUT2D eigenvalue weighted by atomic mass is 35.5. The van der Waals surface area contributed by atoms with Crippen LogP contribution in [0.2, 0.25) is 5.02 Å². The van der Waals surface area contributed by atoms with Crippen molar-refractivity contribution in [1.29, 1.82) is 0 Å². The van der Waals surface area contributed by atoms with Crippen LogP contribution in [0.25, 0.3) is 0 Å². The van der Waals surface area contributed by atoms with Crippen LogP contribution in [-0.2, 0) is 6.61 Å². The van der Waals surface area contributed by atoms with Gasteiger partial charge in [-0.15, -0.1) is 0 Å². The largest absolute Gasteiger partial charge is 0.493 e. The Balaban J connectivity index is 2.34. The van der Waals surface area contributed by atoms with E-state index in [9.17, 15) is 14.3 Å². The second-order valence-corrected chi connectivity index (χ2v) is 4.61. The zero-order valence-corrected chi connectivity index (χ0v) is 11.9. The number of halogens is 2. The maximum Gasteiger partial charge on any atom is 0.339 e. The van der Waals surface area contributed by atoms with Crippen LogP contribution in [0.3, 0.4) is 0 Å². The van der Waals surface area contributed by atoms with Crippen LogP contribution in [0.4, 0.5) is 4.39 Å². The van der Waals surface area contributed by atoms with Gasteiger partial charge < -0.3 is 14.6 Å². The van der Waals surface area contributed by atoms with Crippen LogP contribution >= 0.6 is 11.6 Å². The van der Waals surface area contributed by atoms with Crippen molar-refractivity contribution in [3.63, 3.8) is 0 Å². The van der Waals surface area contributed by atoms with E-state index in [1.54, 1.807) is 18.2 Å². The summed E-state index contributed by atoms with van der Waals surface area (Å²) >= 11 is 5.83. The van der Waals surface area contributed by atoms with Gasteiger partial charge in [0.05, 0.1) is 7.11 Å². The minimum Gasteiger partial charge on any atom is -0.493 e. The third-order valence-electron chi connectivity index (χ3n) is 2.80.